The Morgan fingerprint density at radius 1 is 1.20 bits per heavy atom. The molecule has 0 saturated heterocycles. The van der Waals surface area contributed by atoms with Crippen molar-refractivity contribution in [3.63, 3.8) is 0 Å². The number of amides is 1. The zero-order chi connectivity index (χ0) is 18.4. The molecule has 25 heavy (non-hydrogen) atoms. The van der Waals surface area contributed by atoms with Crippen LogP contribution in [0.5, 0.6) is 0 Å². The first-order valence-corrected chi connectivity index (χ1v) is 9.46. The Labute approximate surface area is 151 Å². The largest absolute Gasteiger partial charge is 0.325 e. The number of nitrogens with zero attached hydrogens (tertiary/aromatic N) is 1. The summed E-state index contributed by atoms with van der Waals surface area (Å²) in [5.74, 6) is -1.03. The highest BCUT2D eigenvalue weighted by atomic mass is 35.5. The van der Waals surface area contributed by atoms with Crippen LogP contribution in [0.2, 0.25) is 5.02 Å². The maximum atomic E-state index is 13.2. The number of benzene rings is 2. The van der Waals surface area contributed by atoms with Crippen LogP contribution in [-0.4, -0.2) is 31.7 Å². The average molecular weight is 385 g/mol. The van der Waals surface area contributed by atoms with Gasteiger partial charge in [-0.1, -0.05) is 24.6 Å². The molecule has 2 aromatic rings. The number of carbonyl (C=O) groups excluding carboxylic acids is 1. The molecule has 1 N–H and O–H groups in total. The van der Waals surface area contributed by atoms with E-state index in [9.17, 15) is 17.6 Å². The molecule has 2 aromatic carbocycles. The van der Waals surface area contributed by atoms with E-state index in [1.807, 2.05) is 6.92 Å². The van der Waals surface area contributed by atoms with Gasteiger partial charge < -0.3 is 5.32 Å². The molecule has 2 rings (SSSR count). The van der Waals surface area contributed by atoms with Gasteiger partial charge in [0.15, 0.2) is 0 Å². The molecule has 0 fully saturated rings. The number of halogens is 2. The molecule has 134 valence electrons. The lowest BCUT2D eigenvalue weighted by atomic mass is 10.3. The molecule has 5 nitrogen and oxygen atoms in total. The summed E-state index contributed by atoms with van der Waals surface area (Å²) in [4.78, 5) is 12.2. The number of sulfonamides is 1. The average Bonchev–Trinajstić information content (AvgIpc) is 2.55. The van der Waals surface area contributed by atoms with Crippen molar-refractivity contribution in [2.45, 2.75) is 18.2 Å². The Hall–Kier alpha value is -1.96. The van der Waals surface area contributed by atoms with E-state index in [2.05, 4.69) is 5.32 Å². The van der Waals surface area contributed by atoms with Crippen LogP contribution in [0.4, 0.5) is 10.1 Å². The number of rotatable bonds is 7. The van der Waals surface area contributed by atoms with Gasteiger partial charge in [0, 0.05) is 17.3 Å². The van der Waals surface area contributed by atoms with Crippen LogP contribution < -0.4 is 5.32 Å². The summed E-state index contributed by atoms with van der Waals surface area (Å²) in [5.41, 5.74) is 0.269. The molecule has 0 unspecified atom stereocenters. The summed E-state index contributed by atoms with van der Waals surface area (Å²) in [6.07, 6.45) is 0.542. The second kappa shape index (κ2) is 8.42. The molecule has 0 bridgehead atoms. The maximum Gasteiger partial charge on any atom is 0.243 e. The first kappa shape index (κ1) is 19.4. The van der Waals surface area contributed by atoms with Crippen molar-refractivity contribution >= 4 is 33.2 Å². The summed E-state index contributed by atoms with van der Waals surface area (Å²) < 4.78 is 39.7. The molecule has 0 spiro atoms. The SMILES string of the molecule is CCCN(CC(=O)Nc1cccc(F)c1)S(=O)(=O)c1ccc(Cl)cc1. The molecular weight excluding hydrogens is 367 g/mol. The van der Waals surface area contributed by atoms with Crippen molar-refractivity contribution in [1.82, 2.24) is 4.31 Å². The van der Waals surface area contributed by atoms with E-state index in [4.69, 9.17) is 11.6 Å². The molecule has 0 atom stereocenters. The fraction of sp³-hybridized carbons (Fsp3) is 0.235. The Morgan fingerprint density at radius 3 is 2.48 bits per heavy atom. The Bertz CT molecular complexity index is 841. The maximum absolute atomic E-state index is 13.2. The third-order valence-corrected chi connectivity index (χ3v) is 5.46. The van der Waals surface area contributed by atoms with Crippen LogP contribution in [0.1, 0.15) is 13.3 Å². The lowest BCUT2D eigenvalue weighted by Crippen LogP contribution is -2.38. The zero-order valence-electron chi connectivity index (χ0n) is 13.6. The van der Waals surface area contributed by atoms with Gasteiger partial charge in [-0.05, 0) is 48.9 Å². The fourth-order valence-electron chi connectivity index (χ4n) is 2.22. The summed E-state index contributed by atoms with van der Waals surface area (Å²) >= 11 is 5.79. The molecular formula is C17H18ClFN2O3S. The molecule has 0 aliphatic carbocycles. The highest BCUT2D eigenvalue weighted by Gasteiger charge is 2.26. The van der Waals surface area contributed by atoms with E-state index in [0.717, 1.165) is 10.4 Å². The monoisotopic (exact) mass is 384 g/mol. The standard InChI is InChI=1S/C17H18ClFN2O3S/c1-2-10-21(25(23,24)16-8-6-13(18)7-9-16)12-17(22)20-15-5-3-4-14(19)11-15/h3-9,11H,2,10,12H2,1H3,(H,20,22). The fourth-order valence-corrected chi connectivity index (χ4v) is 3.83. The minimum Gasteiger partial charge on any atom is -0.325 e. The summed E-state index contributed by atoms with van der Waals surface area (Å²) in [6.45, 7) is 1.63. The van der Waals surface area contributed by atoms with Gasteiger partial charge in [-0.2, -0.15) is 4.31 Å². The Morgan fingerprint density at radius 2 is 1.88 bits per heavy atom. The summed E-state index contributed by atoms with van der Waals surface area (Å²) in [7, 11) is -3.84. The lowest BCUT2D eigenvalue weighted by molar-refractivity contribution is -0.116. The molecule has 0 aliphatic rings. The molecule has 8 heteroatoms. The van der Waals surface area contributed by atoms with E-state index in [-0.39, 0.29) is 23.7 Å². The third-order valence-electron chi connectivity index (χ3n) is 3.35. The van der Waals surface area contributed by atoms with Gasteiger partial charge >= 0.3 is 0 Å². The van der Waals surface area contributed by atoms with Gasteiger partial charge in [0.25, 0.3) is 0 Å². The van der Waals surface area contributed by atoms with Crippen LogP contribution in [0.15, 0.2) is 53.4 Å². The normalized spacial score (nSPS) is 11.5. The van der Waals surface area contributed by atoms with Crippen LogP contribution in [0.3, 0.4) is 0 Å². The van der Waals surface area contributed by atoms with Gasteiger partial charge in [0.05, 0.1) is 11.4 Å². The molecule has 0 aromatic heterocycles. The van der Waals surface area contributed by atoms with Crippen LogP contribution in [0.25, 0.3) is 0 Å². The Balaban J connectivity index is 2.16. The van der Waals surface area contributed by atoms with Crippen LogP contribution in [0, 0.1) is 5.82 Å². The van der Waals surface area contributed by atoms with E-state index in [0.29, 0.717) is 11.4 Å². The first-order chi connectivity index (χ1) is 11.8. The predicted molar refractivity (Wildman–Crippen MR) is 95.5 cm³/mol. The van der Waals surface area contributed by atoms with Crippen molar-refractivity contribution in [3.05, 3.63) is 59.4 Å². The molecule has 0 aliphatic heterocycles. The topological polar surface area (TPSA) is 66.5 Å². The molecule has 0 radical (unpaired) electrons. The minimum absolute atomic E-state index is 0.0592. The van der Waals surface area contributed by atoms with Crippen LogP contribution in [-0.2, 0) is 14.8 Å². The van der Waals surface area contributed by atoms with E-state index >= 15 is 0 Å². The van der Waals surface area contributed by atoms with Gasteiger partial charge in [-0.25, -0.2) is 12.8 Å². The lowest BCUT2D eigenvalue weighted by Gasteiger charge is -2.21. The quantitative estimate of drug-likeness (QED) is 0.794. The minimum atomic E-state index is -3.84. The number of carbonyl (C=O) groups is 1. The van der Waals surface area contributed by atoms with E-state index in [1.165, 1.54) is 42.5 Å². The summed E-state index contributed by atoms with van der Waals surface area (Å²) in [6, 6.07) is 11.1. The number of hydrogen-bond acceptors (Lipinski definition) is 3. The number of hydrogen-bond donors (Lipinski definition) is 1. The van der Waals surface area contributed by atoms with Crippen LogP contribution >= 0.6 is 11.6 Å². The smallest absolute Gasteiger partial charge is 0.243 e. The zero-order valence-corrected chi connectivity index (χ0v) is 15.1. The van der Waals surface area contributed by atoms with Gasteiger partial charge in [0.2, 0.25) is 15.9 Å². The number of nitrogens with one attached hydrogen (secondary N) is 1. The van der Waals surface area contributed by atoms with Gasteiger partial charge in [-0.3, -0.25) is 4.79 Å². The molecule has 0 heterocycles. The highest BCUT2D eigenvalue weighted by molar-refractivity contribution is 7.89. The Kier molecular flexibility index (Phi) is 6.52. The van der Waals surface area contributed by atoms with Gasteiger partial charge in [-0.15, -0.1) is 0 Å². The van der Waals surface area contributed by atoms with Crippen molar-refractivity contribution < 1.29 is 17.6 Å². The van der Waals surface area contributed by atoms with Gasteiger partial charge in [0.1, 0.15) is 5.82 Å². The predicted octanol–water partition coefficient (Wildman–Crippen LogP) is 3.52. The summed E-state index contributed by atoms with van der Waals surface area (Å²) in [5, 5.41) is 2.92. The van der Waals surface area contributed by atoms with E-state index < -0.39 is 21.7 Å². The number of anilines is 1. The van der Waals surface area contributed by atoms with E-state index in [1.54, 1.807) is 0 Å². The molecule has 0 saturated carbocycles. The second-order valence-corrected chi connectivity index (χ2v) is 7.73. The second-order valence-electron chi connectivity index (χ2n) is 5.35. The van der Waals surface area contributed by atoms with Crippen molar-refractivity contribution in [1.29, 1.82) is 0 Å². The van der Waals surface area contributed by atoms with Crippen molar-refractivity contribution in [2.75, 3.05) is 18.4 Å². The van der Waals surface area contributed by atoms with Crippen molar-refractivity contribution in [2.24, 2.45) is 0 Å². The first-order valence-electron chi connectivity index (χ1n) is 7.64. The third kappa shape index (κ3) is 5.26. The highest BCUT2D eigenvalue weighted by Crippen LogP contribution is 2.19. The van der Waals surface area contributed by atoms with Crippen molar-refractivity contribution in [3.8, 4) is 0 Å². The molecule has 1 amide bonds.